The fourth-order valence-corrected chi connectivity index (χ4v) is 3.36. The molecule has 1 aromatic carbocycles. The number of aromatic nitrogens is 1. The zero-order valence-corrected chi connectivity index (χ0v) is 19.8. The number of amides is 4. The molecule has 0 bridgehead atoms. The van der Waals surface area contributed by atoms with E-state index in [1.165, 1.54) is 6.92 Å². The average Bonchev–Trinajstić information content (AvgIpc) is 3.19. The van der Waals surface area contributed by atoms with Crippen molar-refractivity contribution in [2.45, 2.75) is 57.8 Å². The van der Waals surface area contributed by atoms with Crippen LogP contribution < -0.4 is 27.4 Å². The van der Waals surface area contributed by atoms with E-state index in [0.717, 1.165) is 16.5 Å². The first-order valence-corrected chi connectivity index (χ1v) is 11.1. The Labute approximate surface area is 202 Å². The van der Waals surface area contributed by atoms with E-state index in [0.29, 0.717) is 0 Å². The topological polar surface area (TPSA) is 209 Å². The molecule has 1 heterocycles. The number of carboxylic acids is 1. The summed E-state index contributed by atoms with van der Waals surface area (Å²) < 4.78 is 0. The first-order chi connectivity index (χ1) is 16.4. The maximum Gasteiger partial charge on any atom is 0.325 e. The zero-order chi connectivity index (χ0) is 26.3. The van der Waals surface area contributed by atoms with Crippen LogP contribution in [0.2, 0.25) is 0 Å². The molecule has 9 N–H and O–H groups in total. The minimum Gasteiger partial charge on any atom is -0.480 e. The maximum absolute atomic E-state index is 13.2. The Kier molecular flexibility index (Phi) is 9.34. The number of carbonyl (C=O) groups excluding carboxylic acids is 4. The fourth-order valence-electron chi connectivity index (χ4n) is 3.36. The molecular weight excluding hydrogens is 456 g/mol. The van der Waals surface area contributed by atoms with Crippen LogP contribution in [0.25, 0.3) is 10.9 Å². The van der Waals surface area contributed by atoms with Gasteiger partial charge in [-0.2, -0.15) is 0 Å². The van der Waals surface area contributed by atoms with Crippen molar-refractivity contribution >= 4 is 40.5 Å². The van der Waals surface area contributed by atoms with Crippen molar-refractivity contribution in [3.8, 4) is 0 Å². The quantitative estimate of drug-likeness (QED) is 0.200. The second kappa shape index (κ2) is 12.0. The van der Waals surface area contributed by atoms with Crippen molar-refractivity contribution in [1.82, 2.24) is 20.9 Å². The molecule has 0 aliphatic rings. The van der Waals surface area contributed by atoms with Crippen LogP contribution in [0.4, 0.5) is 0 Å². The van der Waals surface area contributed by atoms with Crippen LogP contribution in [0.3, 0.4) is 0 Å². The molecule has 12 heteroatoms. The van der Waals surface area contributed by atoms with Crippen molar-refractivity contribution in [3.63, 3.8) is 0 Å². The first-order valence-electron chi connectivity index (χ1n) is 11.1. The molecule has 0 aliphatic carbocycles. The lowest BCUT2D eigenvalue weighted by molar-refractivity contribution is -0.142. The number of primary amides is 1. The summed E-state index contributed by atoms with van der Waals surface area (Å²) in [7, 11) is 0. The van der Waals surface area contributed by atoms with Crippen LogP contribution in [0.1, 0.15) is 32.8 Å². The number of nitrogens with two attached hydrogens (primary N) is 2. The van der Waals surface area contributed by atoms with Gasteiger partial charge >= 0.3 is 5.97 Å². The second-order valence-electron chi connectivity index (χ2n) is 8.69. The van der Waals surface area contributed by atoms with Gasteiger partial charge in [0.05, 0.1) is 12.5 Å². The number of carbonyl (C=O) groups is 5. The maximum atomic E-state index is 13.2. The van der Waals surface area contributed by atoms with Crippen LogP contribution in [-0.4, -0.2) is 63.9 Å². The molecule has 190 valence electrons. The van der Waals surface area contributed by atoms with Gasteiger partial charge < -0.3 is 37.5 Å². The summed E-state index contributed by atoms with van der Waals surface area (Å²) in [5, 5.41) is 17.1. The Hall–Kier alpha value is -3.93. The Morgan fingerprint density at radius 1 is 0.943 bits per heavy atom. The molecule has 0 radical (unpaired) electrons. The lowest BCUT2D eigenvalue weighted by Crippen LogP contribution is -2.58. The number of aromatic amines is 1. The summed E-state index contributed by atoms with van der Waals surface area (Å²) in [5.41, 5.74) is 12.7. The van der Waals surface area contributed by atoms with Gasteiger partial charge in [0.15, 0.2) is 0 Å². The van der Waals surface area contributed by atoms with Gasteiger partial charge in [0.2, 0.25) is 23.6 Å². The summed E-state index contributed by atoms with van der Waals surface area (Å²) in [6.45, 7) is 4.75. The minimum absolute atomic E-state index is 0.0584. The number of aliphatic carboxylic acids is 1. The number of fused-ring (bicyclic) bond motifs is 1. The number of benzene rings is 1. The number of nitrogens with one attached hydrogen (secondary N) is 4. The van der Waals surface area contributed by atoms with E-state index in [1.807, 2.05) is 24.3 Å². The van der Waals surface area contributed by atoms with Gasteiger partial charge in [-0.3, -0.25) is 24.0 Å². The van der Waals surface area contributed by atoms with E-state index in [4.69, 9.17) is 16.6 Å². The highest BCUT2D eigenvalue weighted by atomic mass is 16.4. The molecule has 4 amide bonds. The number of carboxylic acid groups (broad SMARTS) is 1. The number of para-hydroxylation sites is 1. The normalized spacial score (nSPS) is 14.5. The molecule has 2 rings (SSSR count). The van der Waals surface area contributed by atoms with E-state index in [-0.39, 0.29) is 12.3 Å². The monoisotopic (exact) mass is 488 g/mol. The highest BCUT2D eigenvalue weighted by Gasteiger charge is 2.31. The van der Waals surface area contributed by atoms with E-state index >= 15 is 0 Å². The van der Waals surface area contributed by atoms with Crippen LogP contribution in [-0.2, 0) is 30.4 Å². The van der Waals surface area contributed by atoms with Gasteiger partial charge in [-0.05, 0) is 24.5 Å². The molecule has 2 aromatic rings. The lowest BCUT2D eigenvalue weighted by Gasteiger charge is -2.25. The van der Waals surface area contributed by atoms with Gasteiger partial charge in [-0.15, -0.1) is 0 Å². The van der Waals surface area contributed by atoms with Gasteiger partial charge in [-0.1, -0.05) is 32.0 Å². The number of hydrogen-bond acceptors (Lipinski definition) is 6. The molecular formula is C23H32N6O6. The molecule has 0 saturated heterocycles. The SMILES string of the molecule is CC(NC(=O)C(CC(N)=O)NC(=O)C(Cc1c[nH]c2ccccc12)NC(=O)C(N)C(C)C)C(=O)O. The van der Waals surface area contributed by atoms with Crippen LogP contribution >= 0.6 is 0 Å². The van der Waals surface area contributed by atoms with Crippen LogP contribution in [0, 0.1) is 5.92 Å². The Balaban J connectivity index is 2.30. The zero-order valence-electron chi connectivity index (χ0n) is 19.8. The first kappa shape index (κ1) is 27.3. The largest absolute Gasteiger partial charge is 0.480 e. The third kappa shape index (κ3) is 7.54. The third-order valence-corrected chi connectivity index (χ3v) is 5.52. The van der Waals surface area contributed by atoms with Crippen molar-refractivity contribution in [2.24, 2.45) is 17.4 Å². The van der Waals surface area contributed by atoms with E-state index in [9.17, 15) is 24.0 Å². The van der Waals surface area contributed by atoms with Crippen LogP contribution in [0.15, 0.2) is 30.5 Å². The van der Waals surface area contributed by atoms with E-state index in [1.54, 1.807) is 20.0 Å². The molecule has 12 nitrogen and oxygen atoms in total. The van der Waals surface area contributed by atoms with Gasteiger partial charge in [-0.25, -0.2) is 0 Å². The van der Waals surface area contributed by atoms with E-state index < -0.39 is 60.2 Å². The molecule has 35 heavy (non-hydrogen) atoms. The van der Waals surface area contributed by atoms with E-state index in [2.05, 4.69) is 20.9 Å². The van der Waals surface area contributed by atoms with Crippen molar-refractivity contribution in [1.29, 1.82) is 0 Å². The predicted molar refractivity (Wildman–Crippen MR) is 128 cm³/mol. The molecule has 0 aliphatic heterocycles. The Morgan fingerprint density at radius 3 is 2.14 bits per heavy atom. The number of rotatable bonds is 12. The number of hydrogen-bond donors (Lipinski definition) is 7. The van der Waals surface area contributed by atoms with Crippen molar-refractivity contribution in [2.75, 3.05) is 0 Å². The van der Waals surface area contributed by atoms with Crippen molar-refractivity contribution in [3.05, 3.63) is 36.0 Å². The molecule has 1 aromatic heterocycles. The smallest absolute Gasteiger partial charge is 0.325 e. The van der Waals surface area contributed by atoms with Gasteiger partial charge in [0, 0.05) is 23.5 Å². The summed E-state index contributed by atoms with van der Waals surface area (Å²) in [5.74, 6) is -4.60. The summed E-state index contributed by atoms with van der Waals surface area (Å²) >= 11 is 0. The average molecular weight is 489 g/mol. The third-order valence-electron chi connectivity index (χ3n) is 5.52. The lowest BCUT2D eigenvalue weighted by atomic mass is 10.0. The molecule has 4 unspecified atom stereocenters. The Morgan fingerprint density at radius 2 is 1.54 bits per heavy atom. The highest BCUT2D eigenvalue weighted by molar-refractivity contribution is 5.96. The highest BCUT2D eigenvalue weighted by Crippen LogP contribution is 2.19. The standard InChI is InChI=1S/C23H32N6O6/c1-11(2)19(25)22(33)29-16(8-13-10-26-15-7-5-4-6-14(13)15)21(32)28-17(9-18(24)30)20(31)27-12(3)23(34)35/h4-7,10-12,16-17,19,26H,8-9,25H2,1-3H3,(H2,24,30)(H,27,31)(H,28,32)(H,29,33)(H,34,35). The second-order valence-corrected chi connectivity index (χ2v) is 8.69. The van der Waals surface area contributed by atoms with Crippen molar-refractivity contribution < 1.29 is 29.1 Å². The molecule has 0 saturated carbocycles. The van der Waals surface area contributed by atoms with Crippen LogP contribution in [0.5, 0.6) is 0 Å². The predicted octanol–water partition coefficient (Wildman–Crippen LogP) is -0.872. The van der Waals surface area contributed by atoms with Gasteiger partial charge in [0.1, 0.15) is 18.1 Å². The molecule has 4 atom stereocenters. The fraction of sp³-hybridized carbons (Fsp3) is 0.435. The summed E-state index contributed by atoms with van der Waals surface area (Å²) in [4.78, 5) is 64.1. The summed E-state index contributed by atoms with van der Waals surface area (Å²) in [6.07, 6.45) is 1.20. The molecule has 0 spiro atoms. The number of H-pyrrole nitrogens is 1. The summed E-state index contributed by atoms with van der Waals surface area (Å²) in [6, 6.07) is 2.66. The molecule has 0 fully saturated rings. The van der Waals surface area contributed by atoms with Gasteiger partial charge in [0.25, 0.3) is 0 Å². The Bertz CT molecular complexity index is 1100. The minimum atomic E-state index is -1.44.